The standard InChI is InChI=1S/C12H15N3O2/c1-8-2-3-10(13)9(6-8)12(17)15-5-4-14-11(16)7-15/h2-3,6H,4-5,7,13H2,1H3,(H,14,16). The third-order valence-electron chi connectivity index (χ3n) is 2.76. The van der Waals surface area contributed by atoms with Crippen molar-refractivity contribution in [2.75, 3.05) is 25.4 Å². The summed E-state index contributed by atoms with van der Waals surface area (Å²) in [4.78, 5) is 24.9. The van der Waals surface area contributed by atoms with Gasteiger partial charge in [0.2, 0.25) is 5.91 Å². The number of aryl methyl sites for hydroxylation is 1. The Morgan fingerprint density at radius 1 is 1.47 bits per heavy atom. The molecular weight excluding hydrogens is 218 g/mol. The first-order valence-electron chi connectivity index (χ1n) is 5.50. The lowest BCUT2D eigenvalue weighted by atomic mass is 10.1. The van der Waals surface area contributed by atoms with Crippen LogP contribution in [0.3, 0.4) is 0 Å². The minimum Gasteiger partial charge on any atom is -0.398 e. The van der Waals surface area contributed by atoms with Crippen molar-refractivity contribution in [2.24, 2.45) is 0 Å². The fraction of sp³-hybridized carbons (Fsp3) is 0.333. The molecule has 0 aliphatic carbocycles. The van der Waals surface area contributed by atoms with Gasteiger partial charge in [-0.3, -0.25) is 9.59 Å². The van der Waals surface area contributed by atoms with Crippen LogP contribution < -0.4 is 11.1 Å². The summed E-state index contributed by atoms with van der Waals surface area (Å²) in [5.74, 6) is -0.308. The highest BCUT2D eigenvalue weighted by molar-refractivity contribution is 6.01. The highest BCUT2D eigenvalue weighted by Gasteiger charge is 2.23. The van der Waals surface area contributed by atoms with E-state index in [2.05, 4.69) is 5.32 Å². The van der Waals surface area contributed by atoms with E-state index < -0.39 is 0 Å². The van der Waals surface area contributed by atoms with Crippen molar-refractivity contribution >= 4 is 17.5 Å². The van der Waals surface area contributed by atoms with Gasteiger partial charge < -0.3 is 16.0 Å². The molecule has 5 nitrogen and oxygen atoms in total. The molecule has 0 radical (unpaired) electrons. The van der Waals surface area contributed by atoms with Crippen LogP contribution in [0.15, 0.2) is 18.2 Å². The predicted octanol–water partition coefficient (Wildman–Crippen LogP) is 0.149. The highest BCUT2D eigenvalue weighted by Crippen LogP contribution is 2.16. The number of benzene rings is 1. The molecule has 0 unspecified atom stereocenters. The van der Waals surface area contributed by atoms with Crippen LogP contribution in [0, 0.1) is 6.92 Å². The molecule has 0 atom stereocenters. The normalized spacial score (nSPS) is 15.6. The topological polar surface area (TPSA) is 75.4 Å². The van der Waals surface area contributed by atoms with Gasteiger partial charge in [0.05, 0.1) is 12.1 Å². The Morgan fingerprint density at radius 3 is 2.94 bits per heavy atom. The molecular formula is C12H15N3O2. The average Bonchev–Trinajstić information content (AvgIpc) is 2.31. The summed E-state index contributed by atoms with van der Waals surface area (Å²) in [6, 6.07) is 5.33. The van der Waals surface area contributed by atoms with Gasteiger partial charge in [-0.25, -0.2) is 0 Å². The van der Waals surface area contributed by atoms with E-state index in [1.807, 2.05) is 13.0 Å². The van der Waals surface area contributed by atoms with Crippen molar-refractivity contribution in [3.8, 4) is 0 Å². The summed E-state index contributed by atoms with van der Waals surface area (Å²) >= 11 is 0. The lowest BCUT2D eigenvalue weighted by molar-refractivity contribution is -0.123. The number of nitrogens with one attached hydrogen (secondary N) is 1. The number of nitrogens with zero attached hydrogens (tertiary/aromatic N) is 1. The molecule has 1 aromatic carbocycles. The number of anilines is 1. The number of piperazine rings is 1. The number of amides is 2. The molecule has 1 aromatic rings. The van der Waals surface area contributed by atoms with Crippen LogP contribution in [-0.4, -0.2) is 36.3 Å². The van der Waals surface area contributed by atoms with Crippen LogP contribution in [0.2, 0.25) is 0 Å². The molecule has 90 valence electrons. The van der Waals surface area contributed by atoms with E-state index in [9.17, 15) is 9.59 Å². The van der Waals surface area contributed by atoms with Crippen molar-refractivity contribution in [3.63, 3.8) is 0 Å². The molecule has 0 bridgehead atoms. The largest absolute Gasteiger partial charge is 0.398 e. The van der Waals surface area contributed by atoms with E-state index in [0.717, 1.165) is 5.56 Å². The van der Waals surface area contributed by atoms with Gasteiger partial charge in [-0.2, -0.15) is 0 Å². The molecule has 2 amide bonds. The fourth-order valence-corrected chi connectivity index (χ4v) is 1.84. The Hall–Kier alpha value is -2.04. The van der Waals surface area contributed by atoms with E-state index in [4.69, 9.17) is 5.73 Å². The number of carbonyl (C=O) groups excluding carboxylic acids is 2. The molecule has 1 aliphatic heterocycles. The van der Waals surface area contributed by atoms with Crippen LogP contribution in [0.4, 0.5) is 5.69 Å². The van der Waals surface area contributed by atoms with Gasteiger partial charge in [-0.1, -0.05) is 11.6 Å². The Kier molecular flexibility index (Phi) is 2.99. The van der Waals surface area contributed by atoms with Crippen molar-refractivity contribution in [1.82, 2.24) is 10.2 Å². The molecule has 1 aliphatic rings. The quantitative estimate of drug-likeness (QED) is 0.678. The summed E-state index contributed by atoms with van der Waals surface area (Å²) in [7, 11) is 0. The van der Waals surface area contributed by atoms with Crippen LogP contribution in [0.25, 0.3) is 0 Å². The minimum absolute atomic E-state index is 0.103. The smallest absolute Gasteiger partial charge is 0.256 e. The number of nitrogen functional groups attached to an aromatic ring is 1. The zero-order chi connectivity index (χ0) is 12.4. The third kappa shape index (κ3) is 2.38. The SMILES string of the molecule is Cc1ccc(N)c(C(=O)N2CCNC(=O)C2)c1. The first kappa shape index (κ1) is 11.4. The second-order valence-electron chi connectivity index (χ2n) is 4.17. The molecule has 1 heterocycles. The number of carbonyl (C=O) groups is 2. The molecule has 3 N–H and O–H groups in total. The fourth-order valence-electron chi connectivity index (χ4n) is 1.84. The Morgan fingerprint density at radius 2 is 2.24 bits per heavy atom. The molecule has 1 fully saturated rings. The second-order valence-corrected chi connectivity index (χ2v) is 4.17. The predicted molar refractivity (Wildman–Crippen MR) is 64.5 cm³/mol. The number of nitrogens with two attached hydrogens (primary N) is 1. The lowest BCUT2D eigenvalue weighted by Crippen LogP contribution is -2.50. The van der Waals surface area contributed by atoms with Crippen molar-refractivity contribution in [2.45, 2.75) is 6.92 Å². The maximum atomic E-state index is 12.2. The van der Waals surface area contributed by atoms with Gasteiger partial charge in [-0.05, 0) is 19.1 Å². The number of hydrogen-bond acceptors (Lipinski definition) is 3. The first-order valence-corrected chi connectivity index (χ1v) is 5.50. The van der Waals surface area contributed by atoms with E-state index >= 15 is 0 Å². The monoisotopic (exact) mass is 233 g/mol. The van der Waals surface area contributed by atoms with Crippen LogP contribution >= 0.6 is 0 Å². The Bertz CT molecular complexity index is 471. The molecule has 0 saturated carbocycles. The minimum atomic E-state index is -0.180. The maximum Gasteiger partial charge on any atom is 0.256 e. The molecule has 17 heavy (non-hydrogen) atoms. The third-order valence-corrected chi connectivity index (χ3v) is 2.76. The summed E-state index contributed by atoms with van der Waals surface area (Å²) < 4.78 is 0. The van der Waals surface area contributed by atoms with Crippen molar-refractivity contribution < 1.29 is 9.59 Å². The Labute approximate surface area is 99.6 Å². The van der Waals surface area contributed by atoms with Gasteiger partial charge in [0, 0.05) is 18.8 Å². The maximum absolute atomic E-state index is 12.2. The summed E-state index contributed by atoms with van der Waals surface area (Å²) in [5, 5.41) is 2.68. The molecule has 0 spiro atoms. The molecule has 2 rings (SSSR count). The molecule has 0 aromatic heterocycles. The van der Waals surface area contributed by atoms with Crippen LogP contribution in [0.5, 0.6) is 0 Å². The van der Waals surface area contributed by atoms with Crippen LogP contribution in [-0.2, 0) is 4.79 Å². The van der Waals surface area contributed by atoms with Gasteiger partial charge >= 0.3 is 0 Å². The van der Waals surface area contributed by atoms with E-state index in [1.165, 1.54) is 4.90 Å². The van der Waals surface area contributed by atoms with Crippen molar-refractivity contribution in [3.05, 3.63) is 29.3 Å². The molecule has 5 heteroatoms. The van der Waals surface area contributed by atoms with Gasteiger partial charge in [-0.15, -0.1) is 0 Å². The lowest BCUT2D eigenvalue weighted by Gasteiger charge is -2.27. The van der Waals surface area contributed by atoms with Gasteiger partial charge in [0.15, 0.2) is 0 Å². The zero-order valence-corrected chi connectivity index (χ0v) is 9.69. The van der Waals surface area contributed by atoms with E-state index in [1.54, 1.807) is 12.1 Å². The second kappa shape index (κ2) is 4.45. The Balaban J connectivity index is 2.24. The average molecular weight is 233 g/mol. The number of rotatable bonds is 1. The van der Waals surface area contributed by atoms with Crippen LogP contribution in [0.1, 0.15) is 15.9 Å². The zero-order valence-electron chi connectivity index (χ0n) is 9.69. The van der Waals surface area contributed by atoms with Gasteiger partial charge in [0.1, 0.15) is 0 Å². The molecule has 1 saturated heterocycles. The number of hydrogen-bond donors (Lipinski definition) is 2. The summed E-state index contributed by atoms with van der Waals surface area (Å²) in [6.45, 7) is 3.03. The first-order chi connectivity index (χ1) is 8.08. The van der Waals surface area contributed by atoms with Gasteiger partial charge in [0.25, 0.3) is 5.91 Å². The summed E-state index contributed by atoms with van der Waals surface area (Å²) in [5.41, 5.74) is 7.68. The highest BCUT2D eigenvalue weighted by atomic mass is 16.2. The van der Waals surface area contributed by atoms with E-state index in [-0.39, 0.29) is 18.4 Å². The van der Waals surface area contributed by atoms with E-state index in [0.29, 0.717) is 24.3 Å². The van der Waals surface area contributed by atoms with Crippen molar-refractivity contribution in [1.29, 1.82) is 0 Å². The summed E-state index contributed by atoms with van der Waals surface area (Å²) in [6.07, 6.45) is 0.